The Labute approximate surface area is 103 Å². The third kappa shape index (κ3) is 3.47. The Balaban J connectivity index is 0.00000128. The summed E-state index contributed by atoms with van der Waals surface area (Å²) in [7, 11) is 1.96. The molecule has 16 heavy (non-hydrogen) atoms. The number of aromatic nitrogens is 2. The van der Waals surface area contributed by atoms with E-state index in [1.807, 2.05) is 17.9 Å². The van der Waals surface area contributed by atoms with Gasteiger partial charge >= 0.3 is 0 Å². The van der Waals surface area contributed by atoms with Gasteiger partial charge in [0.25, 0.3) is 0 Å². The zero-order chi connectivity index (χ0) is 10.8. The third-order valence-corrected chi connectivity index (χ3v) is 2.80. The first kappa shape index (κ1) is 13.5. The summed E-state index contributed by atoms with van der Waals surface area (Å²) in [6, 6.07) is 1.18. The summed E-state index contributed by atoms with van der Waals surface area (Å²) in [5, 5.41) is 7.73. The van der Waals surface area contributed by atoms with Crippen molar-refractivity contribution in [2.75, 3.05) is 13.1 Å². The molecule has 1 saturated heterocycles. The van der Waals surface area contributed by atoms with Gasteiger partial charge < -0.3 is 5.32 Å². The summed E-state index contributed by atoms with van der Waals surface area (Å²) in [4.78, 5) is 2.49. The van der Waals surface area contributed by atoms with Crippen LogP contribution in [0.5, 0.6) is 0 Å². The standard InChI is InChI=1S/C11H20N4.ClH/c1-9-5-15(6-10(2)13-9)8-11-4-12-14(3)7-11;/h4,7,9-10,13H,5-6,8H2,1-3H3;1H. The number of halogens is 1. The van der Waals surface area contributed by atoms with Crippen LogP contribution in [0.2, 0.25) is 0 Å². The molecule has 0 spiro atoms. The lowest BCUT2D eigenvalue weighted by atomic mass is 10.1. The number of rotatable bonds is 2. The van der Waals surface area contributed by atoms with Crippen molar-refractivity contribution in [3.05, 3.63) is 18.0 Å². The number of aryl methyl sites for hydroxylation is 1. The van der Waals surface area contributed by atoms with Gasteiger partial charge in [0, 0.05) is 50.5 Å². The highest BCUT2D eigenvalue weighted by Gasteiger charge is 2.20. The normalized spacial score (nSPS) is 26.4. The van der Waals surface area contributed by atoms with E-state index >= 15 is 0 Å². The Morgan fingerprint density at radius 3 is 2.50 bits per heavy atom. The van der Waals surface area contributed by atoms with E-state index in [2.05, 4.69) is 35.4 Å². The molecule has 0 aliphatic carbocycles. The predicted octanol–water partition coefficient (Wildman–Crippen LogP) is 1.02. The topological polar surface area (TPSA) is 33.1 Å². The fourth-order valence-electron chi connectivity index (χ4n) is 2.38. The van der Waals surface area contributed by atoms with E-state index in [0.717, 1.165) is 19.6 Å². The van der Waals surface area contributed by atoms with Gasteiger partial charge in [-0.05, 0) is 13.8 Å². The summed E-state index contributed by atoms with van der Waals surface area (Å²) in [5.74, 6) is 0. The van der Waals surface area contributed by atoms with Crippen LogP contribution in [0.4, 0.5) is 0 Å². The average molecular weight is 245 g/mol. The quantitative estimate of drug-likeness (QED) is 0.844. The Kier molecular flexibility index (Phi) is 4.77. The Morgan fingerprint density at radius 2 is 2.00 bits per heavy atom. The van der Waals surface area contributed by atoms with Crippen molar-refractivity contribution in [3.63, 3.8) is 0 Å². The molecule has 1 aliphatic rings. The molecule has 2 atom stereocenters. The molecule has 0 radical (unpaired) electrons. The van der Waals surface area contributed by atoms with E-state index in [4.69, 9.17) is 0 Å². The first-order valence-electron chi connectivity index (χ1n) is 5.59. The van der Waals surface area contributed by atoms with E-state index < -0.39 is 0 Å². The van der Waals surface area contributed by atoms with Gasteiger partial charge in [0.1, 0.15) is 0 Å². The van der Waals surface area contributed by atoms with Gasteiger partial charge in [0.05, 0.1) is 6.20 Å². The molecular formula is C11H21ClN4. The first-order chi connectivity index (χ1) is 7.13. The molecule has 2 rings (SSSR count). The second-order valence-electron chi connectivity index (χ2n) is 4.69. The van der Waals surface area contributed by atoms with Crippen LogP contribution in [0.25, 0.3) is 0 Å². The van der Waals surface area contributed by atoms with Crippen LogP contribution in [0.1, 0.15) is 19.4 Å². The fraction of sp³-hybridized carbons (Fsp3) is 0.727. The maximum absolute atomic E-state index is 4.19. The number of hydrogen-bond acceptors (Lipinski definition) is 3. The molecule has 0 bridgehead atoms. The third-order valence-electron chi connectivity index (χ3n) is 2.80. The number of piperazine rings is 1. The van der Waals surface area contributed by atoms with E-state index in [1.54, 1.807) is 0 Å². The lowest BCUT2D eigenvalue weighted by molar-refractivity contribution is 0.166. The molecule has 2 heterocycles. The minimum atomic E-state index is 0. The summed E-state index contributed by atoms with van der Waals surface area (Å²) in [6.07, 6.45) is 4.05. The van der Waals surface area contributed by atoms with E-state index in [0.29, 0.717) is 12.1 Å². The molecule has 5 heteroatoms. The molecule has 1 fully saturated rings. The van der Waals surface area contributed by atoms with Gasteiger partial charge in [-0.1, -0.05) is 0 Å². The smallest absolute Gasteiger partial charge is 0.0534 e. The van der Waals surface area contributed by atoms with Crippen molar-refractivity contribution in [1.82, 2.24) is 20.0 Å². The lowest BCUT2D eigenvalue weighted by Gasteiger charge is -2.35. The lowest BCUT2D eigenvalue weighted by Crippen LogP contribution is -2.53. The van der Waals surface area contributed by atoms with E-state index in [1.165, 1.54) is 5.56 Å². The zero-order valence-electron chi connectivity index (χ0n) is 10.2. The van der Waals surface area contributed by atoms with Crippen LogP contribution in [0, 0.1) is 0 Å². The van der Waals surface area contributed by atoms with Gasteiger partial charge in [0.15, 0.2) is 0 Å². The largest absolute Gasteiger partial charge is 0.309 e. The summed E-state index contributed by atoms with van der Waals surface area (Å²) in [6.45, 7) is 7.75. The monoisotopic (exact) mass is 244 g/mol. The van der Waals surface area contributed by atoms with Gasteiger partial charge in [-0.2, -0.15) is 5.10 Å². The van der Waals surface area contributed by atoms with Crippen LogP contribution in [-0.2, 0) is 13.6 Å². The van der Waals surface area contributed by atoms with E-state index in [-0.39, 0.29) is 12.4 Å². The highest BCUT2D eigenvalue weighted by atomic mass is 35.5. The molecule has 0 amide bonds. The van der Waals surface area contributed by atoms with Crippen LogP contribution in [0.3, 0.4) is 0 Å². The number of hydrogen-bond donors (Lipinski definition) is 1. The van der Waals surface area contributed by atoms with Crippen molar-refractivity contribution in [3.8, 4) is 0 Å². The highest BCUT2D eigenvalue weighted by Crippen LogP contribution is 2.09. The Morgan fingerprint density at radius 1 is 1.38 bits per heavy atom. The minimum absolute atomic E-state index is 0. The highest BCUT2D eigenvalue weighted by molar-refractivity contribution is 5.85. The molecule has 1 aromatic rings. The van der Waals surface area contributed by atoms with Crippen LogP contribution >= 0.6 is 12.4 Å². The number of nitrogens with one attached hydrogen (secondary N) is 1. The average Bonchev–Trinajstić information content (AvgIpc) is 2.49. The minimum Gasteiger partial charge on any atom is -0.309 e. The van der Waals surface area contributed by atoms with Gasteiger partial charge in [-0.15, -0.1) is 12.4 Å². The number of nitrogens with zero attached hydrogens (tertiary/aromatic N) is 3. The second kappa shape index (κ2) is 5.66. The molecule has 2 unspecified atom stereocenters. The fourth-order valence-corrected chi connectivity index (χ4v) is 2.38. The van der Waals surface area contributed by atoms with Gasteiger partial charge in [0.2, 0.25) is 0 Å². The molecule has 1 aromatic heterocycles. The molecule has 0 saturated carbocycles. The first-order valence-corrected chi connectivity index (χ1v) is 5.59. The molecular weight excluding hydrogens is 224 g/mol. The van der Waals surface area contributed by atoms with Crippen molar-refractivity contribution >= 4 is 12.4 Å². The maximum atomic E-state index is 4.19. The molecule has 4 nitrogen and oxygen atoms in total. The summed E-state index contributed by atoms with van der Waals surface area (Å²) < 4.78 is 1.87. The van der Waals surface area contributed by atoms with Crippen LogP contribution in [0.15, 0.2) is 12.4 Å². The Hall–Kier alpha value is -0.580. The Bertz CT molecular complexity index is 316. The van der Waals surface area contributed by atoms with Crippen LogP contribution in [-0.4, -0.2) is 39.9 Å². The van der Waals surface area contributed by atoms with Crippen molar-refractivity contribution in [2.24, 2.45) is 7.05 Å². The SMILES string of the molecule is CC1CN(Cc2cnn(C)c2)CC(C)N1.Cl. The van der Waals surface area contributed by atoms with Gasteiger partial charge in [-0.3, -0.25) is 9.58 Å². The maximum Gasteiger partial charge on any atom is 0.0534 e. The molecule has 1 N–H and O–H groups in total. The molecule has 1 aliphatic heterocycles. The van der Waals surface area contributed by atoms with Gasteiger partial charge in [-0.25, -0.2) is 0 Å². The predicted molar refractivity (Wildman–Crippen MR) is 67.8 cm³/mol. The van der Waals surface area contributed by atoms with E-state index in [9.17, 15) is 0 Å². The zero-order valence-corrected chi connectivity index (χ0v) is 11.0. The molecule has 0 aromatic carbocycles. The second-order valence-corrected chi connectivity index (χ2v) is 4.69. The van der Waals surface area contributed by atoms with Crippen molar-refractivity contribution < 1.29 is 0 Å². The van der Waals surface area contributed by atoms with Crippen LogP contribution < -0.4 is 5.32 Å². The van der Waals surface area contributed by atoms with Crippen molar-refractivity contribution in [2.45, 2.75) is 32.5 Å². The van der Waals surface area contributed by atoms with Crippen molar-refractivity contribution in [1.29, 1.82) is 0 Å². The summed E-state index contributed by atoms with van der Waals surface area (Å²) in [5.41, 5.74) is 1.30. The summed E-state index contributed by atoms with van der Waals surface area (Å²) >= 11 is 0. The molecule has 92 valence electrons.